The molecule has 0 atom stereocenters. The summed E-state index contributed by atoms with van der Waals surface area (Å²) in [5.41, 5.74) is 6.98. The number of hydrogen-bond donors (Lipinski definition) is 1. The predicted octanol–water partition coefficient (Wildman–Crippen LogP) is 1.24. The SMILES string of the molecule is COC1(CCN)CN(Cc2ccccc2)C1. The highest BCUT2D eigenvalue weighted by Crippen LogP contribution is 2.28. The minimum Gasteiger partial charge on any atom is -0.376 e. The minimum absolute atomic E-state index is 0.0174. The first-order valence-electron chi connectivity index (χ1n) is 5.79. The van der Waals surface area contributed by atoms with Gasteiger partial charge in [0.2, 0.25) is 0 Å². The van der Waals surface area contributed by atoms with Gasteiger partial charge in [0.1, 0.15) is 0 Å². The summed E-state index contributed by atoms with van der Waals surface area (Å²) in [7, 11) is 1.79. The summed E-state index contributed by atoms with van der Waals surface area (Å²) >= 11 is 0. The van der Waals surface area contributed by atoms with Crippen LogP contribution in [0.5, 0.6) is 0 Å². The van der Waals surface area contributed by atoms with Gasteiger partial charge in [-0.1, -0.05) is 30.3 Å². The van der Waals surface area contributed by atoms with Crippen LogP contribution >= 0.6 is 0 Å². The highest BCUT2D eigenvalue weighted by molar-refractivity contribution is 5.15. The van der Waals surface area contributed by atoms with Gasteiger partial charge in [-0.3, -0.25) is 4.90 Å². The zero-order chi connectivity index (χ0) is 11.4. The normalized spacial score (nSPS) is 19.4. The van der Waals surface area contributed by atoms with Crippen molar-refractivity contribution >= 4 is 0 Å². The number of methoxy groups -OCH3 is 1. The van der Waals surface area contributed by atoms with Crippen molar-refractivity contribution in [3.05, 3.63) is 35.9 Å². The van der Waals surface area contributed by atoms with E-state index in [-0.39, 0.29) is 5.60 Å². The molecule has 1 saturated heterocycles. The Labute approximate surface area is 97.2 Å². The van der Waals surface area contributed by atoms with Crippen molar-refractivity contribution in [2.24, 2.45) is 5.73 Å². The number of nitrogens with two attached hydrogens (primary N) is 1. The van der Waals surface area contributed by atoms with Crippen LogP contribution in [0.3, 0.4) is 0 Å². The fourth-order valence-corrected chi connectivity index (χ4v) is 2.37. The second-order valence-corrected chi connectivity index (χ2v) is 4.56. The fraction of sp³-hybridized carbons (Fsp3) is 0.538. The maximum Gasteiger partial charge on any atom is 0.0943 e. The number of rotatable bonds is 5. The summed E-state index contributed by atoms with van der Waals surface area (Å²) in [6.07, 6.45) is 0.953. The van der Waals surface area contributed by atoms with Gasteiger partial charge in [-0.05, 0) is 18.5 Å². The molecule has 3 heteroatoms. The molecule has 2 N–H and O–H groups in total. The molecule has 0 radical (unpaired) electrons. The number of hydrogen-bond acceptors (Lipinski definition) is 3. The molecule has 1 heterocycles. The minimum atomic E-state index is 0.0174. The largest absolute Gasteiger partial charge is 0.376 e. The van der Waals surface area contributed by atoms with E-state index >= 15 is 0 Å². The molecule has 1 aliphatic heterocycles. The van der Waals surface area contributed by atoms with Crippen LogP contribution < -0.4 is 5.73 Å². The summed E-state index contributed by atoms with van der Waals surface area (Å²) in [5.74, 6) is 0. The van der Waals surface area contributed by atoms with Crippen LogP contribution in [0.15, 0.2) is 30.3 Å². The van der Waals surface area contributed by atoms with Crippen molar-refractivity contribution in [1.29, 1.82) is 0 Å². The van der Waals surface area contributed by atoms with E-state index in [0.717, 1.165) is 26.1 Å². The van der Waals surface area contributed by atoms with E-state index in [4.69, 9.17) is 10.5 Å². The Hall–Kier alpha value is -0.900. The average molecular weight is 220 g/mol. The van der Waals surface area contributed by atoms with Gasteiger partial charge in [-0.2, -0.15) is 0 Å². The van der Waals surface area contributed by atoms with E-state index in [9.17, 15) is 0 Å². The van der Waals surface area contributed by atoms with Crippen LogP contribution in [0.4, 0.5) is 0 Å². The number of benzene rings is 1. The molecule has 0 bridgehead atoms. The molecular weight excluding hydrogens is 200 g/mol. The Kier molecular flexibility index (Phi) is 3.59. The summed E-state index contributed by atoms with van der Waals surface area (Å²) in [6.45, 7) is 3.70. The molecule has 0 aliphatic carbocycles. The molecule has 2 rings (SSSR count). The standard InChI is InChI=1S/C13H20N2O/c1-16-13(7-8-14)10-15(11-13)9-12-5-3-2-4-6-12/h2-6H,7-11,14H2,1H3. The highest BCUT2D eigenvalue weighted by atomic mass is 16.5. The highest BCUT2D eigenvalue weighted by Gasteiger charge is 2.42. The van der Waals surface area contributed by atoms with E-state index in [0.29, 0.717) is 6.54 Å². The Balaban J connectivity index is 1.84. The Morgan fingerprint density at radius 3 is 2.56 bits per heavy atom. The fourth-order valence-electron chi connectivity index (χ4n) is 2.37. The van der Waals surface area contributed by atoms with Crippen molar-refractivity contribution in [3.8, 4) is 0 Å². The molecule has 1 fully saturated rings. The van der Waals surface area contributed by atoms with Crippen LogP contribution in [0.1, 0.15) is 12.0 Å². The molecule has 0 unspecified atom stereocenters. The topological polar surface area (TPSA) is 38.5 Å². The lowest BCUT2D eigenvalue weighted by molar-refractivity contribution is -0.130. The van der Waals surface area contributed by atoms with Gasteiger partial charge in [0.05, 0.1) is 5.60 Å². The molecule has 0 aromatic heterocycles. The van der Waals surface area contributed by atoms with Gasteiger partial charge in [-0.25, -0.2) is 0 Å². The summed E-state index contributed by atoms with van der Waals surface area (Å²) in [5, 5.41) is 0. The summed E-state index contributed by atoms with van der Waals surface area (Å²) in [4.78, 5) is 2.40. The van der Waals surface area contributed by atoms with Crippen molar-refractivity contribution in [2.75, 3.05) is 26.7 Å². The summed E-state index contributed by atoms with van der Waals surface area (Å²) in [6, 6.07) is 10.5. The van der Waals surface area contributed by atoms with Gasteiger partial charge in [0, 0.05) is 26.7 Å². The third-order valence-corrected chi connectivity index (χ3v) is 3.31. The summed E-state index contributed by atoms with van der Waals surface area (Å²) < 4.78 is 5.56. The van der Waals surface area contributed by atoms with Crippen LogP contribution in [0, 0.1) is 0 Å². The zero-order valence-electron chi connectivity index (χ0n) is 9.86. The lowest BCUT2D eigenvalue weighted by Crippen LogP contribution is -2.62. The van der Waals surface area contributed by atoms with E-state index in [1.165, 1.54) is 5.56 Å². The molecule has 0 saturated carbocycles. The van der Waals surface area contributed by atoms with Crippen molar-refractivity contribution in [3.63, 3.8) is 0 Å². The van der Waals surface area contributed by atoms with Crippen LogP contribution in [-0.4, -0.2) is 37.2 Å². The van der Waals surface area contributed by atoms with Crippen molar-refractivity contribution in [2.45, 2.75) is 18.6 Å². The van der Waals surface area contributed by atoms with E-state index in [1.54, 1.807) is 7.11 Å². The van der Waals surface area contributed by atoms with E-state index in [2.05, 4.69) is 29.2 Å². The lowest BCUT2D eigenvalue weighted by Gasteiger charge is -2.49. The van der Waals surface area contributed by atoms with Crippen molar-refractivity contribution < 1.29 is 4.74 Å². The van der Waals surface area contributed by atoms with Crippen LogP contribution in [-0.2, 0) is 11.3 Å². The van der Waals surface area contributed by atoms with Crippen LogP contribution in [0.25, 0.3) is 0 Å². The molecule has 0 spiro atoms. The van der Waals surface area contributed by atoms with Gasteiger partial charge >= 0.3 is 0 Å². The molecule has 0 amide bonds. The Bertz CT molecular complexity index is 320. The molecule has 1 aromatic carbocycles. The van der Waals surface area contributed by atoms with E-state index < -0.39 is 0 Å². The molecule has 1 aliphatic rings. The Morgan fingerprint density at radius 2 is 2.00 bits per heavy atom. The first-order chi connectivity index (χ1) is 7.78. The quantitative estimate of drug-likeness (QED) is 0.811. The first-order valence-corrected chi connectivity index (χ1v) is 5.79. The smallest absolute Gasteiger partial charge is 0.0943 e. The van der Waals surface area contributed by atoms with Gasteiger partial charge in [-0.15, -0.1) is 0 Å². The number of likely N-dealkylation sites (tertiary alicyclic amines) is 1. The van der Waals surface area contributed by atoms with Gasteiger partial charge in [0.25, 0.3) is 0 Å². The Morgan fingerprint density at radius 1 is 1.31 bits per heavy atom. The molecule has 1 aromatic rings. The average Bonchev–Trinajstić information content (AvgIpc) is 2.27. The first kappa shape index (κ1) is 11.6. The van der Waals surface area contributed by atoms with Gasteiger partial charge < -0.3 is 10.5 Å². The number of nitrogens with zero attached hydrogens (tertiary/aromatic N) is 1. The molecule has 16 heavy (non-hydrogen) atoms. The second kappa shape index (κ2) is 4.95. The van der Waals surface area contributed by atoms with E-state index in [1.807, 2.05) is 6.07 Å². The van der Waals surface area contributed by atoms with Gasteiger partial charge in [0.15, 0.2) is 0 Å². The third-order valence-electron chi connectivity index (χ3n) is 3.31. The monoisotopic (exact) mass is 220 g/mol. The lowest BCUT2D eigenvalue weighted by atomic mass is 9.89. The number of ether oxygens (including phenoxy) is 1. The van der Waals surface area contributed by atoms with Crippen LogP contribution in [0.2, 0.25) is 0 Å². The second-order valence-electron chi connectivity index (χ2n) is 4.56. The maximum atomic E-state index is 5.60. The molecule has 88 valence electrons. The third kappa shape index (κ3) is 2.43. The zero-order valence-corrected chi connectivity index (χ0v) is 9.86. The maximum absolute atomic E-state index is 5.60. The molecular formula is C13H20N2O. The predicted molar refractivity (Wildman–Crippen MR) is 65.1 cm³/mol. The molecule has 3 nitrogen and oxygen atoms in total. The van der Waals surface area contributed by atoms with Crippen molar-refractivity contribution in [1.82, 2.24) is 4.90 Å².